The summed E-state index contributed by atoms with van der Waals surface area (Å²) < 4.78 is 4.51. The Morgan fingerprint density at radius 3 is 0.952 bits per heavy atom. The SMILES string of the molecule is [C-]#N.c1ccc([Te+](c2ccccc2)c2ccccc2)cc1. The summed E-state index contributed by atoms with van der Waals surface area (Å²) in [5, 5.41) is 6.25. The summed E-state index contributed by atoms with van der Waals surface area (Å²) in [6, 6.07) is 32.8. The van der Waals surface area contributed by atoms with E-state index in [4.69, 9.17) is 11.8 Å². The molecule has 3 rings (SSSR count). The van der Waals surface area contributed by atoms with E-state index >= 15 is 0 Å². The van der Waals surface area contributed by atoms with Crippen molar-refractivity contribution in [1.29, 1.82) is 5.26 Å². The molecule has 1 nitrogen and oxygen atoms in total. The standard InChI is InChI=1S/C18H15Te.CN/c1-4-10-16(11-5-1)19(17-12-6-2-7-13-17)18-14-8-3-9-15-18;1-2/h1-15H;/q+1;-1. The van der Waals surface area contributed by atoms with E-state index in [1.54, 1.807) is 0 Å². The fraction of sp³-hybridized carbons (Fsp3) is 0. The van der Waals surface area contributed by atoms with Gasteiger partial charge in [-0.2, -0.15) is 0 Å². The molecule has 0 radical (unpaired) electrons. The zero-order chi connectivity index (χ0) is 14.9. The van der Waals surface area contributed by atoms with Gasteiger partial charge in [-0.05, 0) is 0 Å². The number of nitrogens with zero attached hydrogens (tertiary/aromatic N) is 1. The molecule has 0 unspecified atom stereocenters. The third-order valence-corrected chi connectivity index (χ3v) is 9.30. The number of rotatable bonds is 3. The third kappa shape index (κ3) is 3.96. The maximum absolute atomic E-state index is 6.25. The number of benzene rings is 3. The van der Waals surface area contributed by atoms with Gasteiger partial charge in [0.05, 0.1) is 0 Å². The first kappa shape index (κ1) is 15.3. The Bertz CT molecular complexity index is 569. The number of hydrogen-bond acceptors (Lipinski definition) is 1. The van der Waals surface area contributed by atoms with Gasteiger partial charge in [0.25, 0.3) is 0 Å². The molecule has 102 valence electrons. The van der Waals surface area contributed by atoms with E-state index in [-0.39, 0.29) is 0 Å². The maximum atomic E-state index is 6.25. The molecule has 0 aromatic heterocycles. The molecule has 0 N–H and O–H groups in total. The summed E-state index contributed by atoms with van der Waals surface area (Å²) in [5.74, 6) is 0. The van der Waals surface area contributed by atoms with Crippen molar-refractivity contribution >= 4 is 30.4 Å². The minimum absolute atomic E-state index is 1.50. The molecule has 0 spiro atoms. The van der Waals surface area contributed by atoms with Crippen LogP contribution in [0.5, 0.6) is 0 Å². The predicted molar refractivity (Wildman–Crippen MR) is 89.0 cm³/mol. The van der Waals surface area contributed by atoms with E-state index in [1.165, 1.54) is 10.8 Å². The Labute approximate surface area is 133 Å². The van der Waals surface area contributed by atoms with Crippen molar-refractivity contribution in [3.8, 4) is 0 Å². The minimum atomic E-state index is -1.67. The van der Waals surface area contributed by atoms with Crippen molar-refractivity contribution in [3.63, 3.8) is 0 Å². The van der Waals surface area contributed by atoms with E-state index in [2.05, 4.69) is 91.0 Å². The molecule has 0 saturated heterocycles. The van der Waals surface area contributed by atoms with E-state index in [0.29, 0.717) is 0 Å². The second-order valence-corrected chi connectivity index (χ2v) is 10.0. The zero-order valence-electron chi connectivity index (χ0n) is 11.5. The van der Waals surface area contributed by atoms with Crippen molar-refractivity contribution in [2.45, 2.75) is 0 Å². The quantitative estimate of drug-likeness (QED) is 0.502. The average molecular weight is 385 g/mol. The predicted octanol–water partition coefficient (Wildman–Crippen LogP) is 2.30. The van der Waals surface area contributed by atoms with Crippen LogP contribution in [-0.2, 0) is 0 Å². The van der Waals surface area contributed by atoms with Crippen LogP contribution in [0.4, 0.5) is 0 Å². The summed E-state index contributed by atoms with van der Waals surface area (Å²) in [7, 11) is 0. The molecule has 0 amide bonds. The van der Waals surface area contributed by atoms with Crippen molar-refractivity contribution < 1.29 is 0 Å². The molecule has 0 aliphatic carbocycles. The molecule has 2 heteroatoms. The first-order valence-electron chi connectivity index (χ1n) is 6.57. The van der Waals surface area contributed by atoms with Crippen LogP contribution in [0.25, 0.3) is 0 Å². The van der Waals surface area contributed by atoms with Gasteiger partial charge in [-0.25, -0.2) is 0 Å². The first-order valence-corrected chi connectivity index (χ1v) is 10.1. The average Bonchev–Trinajstić information content (AvgIpc) is 2.60. The van der Waals surface area contributed by atoms with Crippen LogP contribution in [0, 0.1) is 11.8 Å². The van der Waals surface area contributed by atoms with E-state index in [0.717, 1.165) is 0 Å². The van der Waals surface area contributed by atoms with Crippen LogP contribution in [0.2, 0.25) is 0 Å². The first-order chi connectivity index (χ1) is 10.4. The second kappa shape index (κ2) is 8.28. The zero-order valence-corrected chi connectivity index (χ0v) is 13.8. The van der Waals surface area contributed by atoms with Crippen molar-refractivity contribution in [2.24, 2.45) is 0 Å². The van der Waals surface area contributed by atoms with Gasteiger partial charge in [0.2, 0.25) is 0 Å². The van der Waals surface area contributed by atoms with Crippen LogP contribution in [0.15, 0.2) is 91.0 Å². The van der Waals surface area contributed by atoms with Crippen LogP contribution in [0.1, 0.15) is 0 Å². The topological polar surface area (TPSA) is 23.8 Å². The third-order valence-electron chi connectivity index (χ3n) is 2.94. The van der Waals surface area contributed by atoms with Crippen LogP contribution >= 0.6 is 0 Å². The van der Waals surface area contributed by atoms with Crippen molar-refractivity contribution in [1.82, 2.24) is 0 Å². The van der Waals surface area contributed by atoms with Crippen LogP contribution < -0.4 is 10.8 Å². The molecule has 3 aromatic carbocycles. The number of hydrogen-bond donors (Lipinski definition) is 0. The Morgan fingerprint density at radius 1 is 0.476 bits per heavy atom. The summed E-state index contributed by atoms with van der Waals surface area (Å²) in [5.41, 5.74) is 0. The van der Waals surface area contributed by atoms with E-state index in [1.807, 2.05) is 0 Å². The summed E-state index contributed by atoms with van der Waals surface area (Å²) in [6.45, 7) is 4.75. The van der Waals surface area contributed by atoms with Gasteiger partial charge in [-0.3, -0.25) is 0 Å². The van der Waals surface area contributed by atoms with E-state index in [9.17, 15) is 0 Å². The Hall–Kier alpha value is -2.06. The molecule has 0 saturated carbocycles. The van der Waals surface area contributed by atoms with Crippen molar-refractivity contribution in [3.05, 3.63) is 97.6 Å². The van der Waals surface area contributed by atoms with Crippen LogP contribution in [0.3, 0.4) is 0 Å². The Kier molecular flexibility index (Phi) is 6.04. The summed E-state index contributed by atoms with van der Waals surface area (Å²) >= 11 is -1.67. The van der Waals surface area contributed by atoms with Gasteiger partial charge in [-0.15, -0.1) is 0 Å². The molecule has 21 heavy (non-hydrogen) atoms. The molecule has 0 heterocycles. The van der Waals surface area contributed by atoms with Crippen LogP contribution in [-0.4, -0.2) is 19.6 Å². The van der Waals surface area contributed by atoms with Gasteiger partial charge in [0, 0.05) is 0 Å². The fourth-order valence-corrected chi connectivity index (χ4v) is 8.08. The molecule has 3 aromatic rings. The van der Waals surface area contributed by atoms with Gasteiger partial charge in [0.1, 0.15) is 0 Å². The second-order valence-electron chi connectivity index (χ2n) is 4.25. The van der Waals surface area contributed by atoms with Gasteiger partial charge >= 0.3 is 121 Å². The Balaban J connectivity index is 0.000000774. The Morgan fingerprint density at radius 2 is 0.714 bits per heavy atom. The molecular formula is C19H15NTe. The molecule has 0 atom stereocenters. The molecule has 0 aliphatic rings. The summed E-state index contributed by atoms with van der Waals surface area (Å²) in [4.78, 5) is 0. The van der Waals surface area contributed by atoms with Gasteiger partial charge in [0.15, 0.2) is 0 Å². The monoisotopic (exact) mass is 387 g/mol. The fourth-order valence-electron chi connectivity index (χ4n) is 2.08. The van der Waals surface area contributed by atoms with Gasteiger partial charge < -0.3 is 11.8 Å². The molecule has 0 aliphatic heterocycles. The molecule has 0 fully saturated rings. The van der Waals surface area contributed by atoms with Gasteiger partial charge in [-0.1, -0.05) is 0 Å². The van der Waals surface area contributed by atoms with E-state index < -0.39 is 19.6 Å². The summed E-state index contributed by atoms with van der Waals surface area (Å²) in [6.07, 6.45) is 0. The normalized spacial score (nSPS) is 9.67. The van der Waals surface area contributed by atoms with Crippen molar-refractivity contribution in [2.75, 3.05) is 0 Å². The molecular weight excluding hydrogens is 370 g/mol. The molecule has 0 bridgehead atoms.